The minimum Gasteiger partial charge on any atom is -0.511 e. The Morgan fingerprint density at radius 1 is 1.07 bits per heavy atom. The van der Waals surface area contributed by atoms with Crippen LogP contribution in [0, 0.1) is 56.2 Å². The first-order valence-corrected chi connectivity index (χ1v) is 15.2. The maximum atomic E-state index is 14.6. The van der Waals surface area contributed by atoms with Gasteiger partial charge >= 0.3 is 5.97 Å². The highest BCUT2D eigenvalue weighted by molar-refractivity contribution is 5.95. The van der Waals surface area contributed by atoms with Crippen LogP contribution >= 0.6 is 0 Å². The number of carboxylic acid groups (broad SMARTS) is 1. The molecule has 5 aliphatic rings. The molecule has 2 N–H and O–H groups in total. The van der Waals surface area contributed by atoms with Crippen LogP contribution < -0.4 is 0 Å². The number of nitriles is 1. The molecule has 3 fully saturated rings. The van der Waals surface area contributed by atoms with E-state index in [9.17, 15) is 25.1 Å². The summed E-state index contributed by atoms with van der Waals surface area (Å²) in [5, 5.41) is 39.0. The average molecular weight is 561 g/mol. The third kappa shape index (κ3) is 3.44. The number of aromatic carboxylic acids is 1. The van der Waals surface area contributed by atoms with E-state index in [4.69, 9.17) is 0 Å². The van der Waals surface area contributed by atoms with Gasteiger partial charge in [-0.1, -0.05) is 59.3 Å². The number of ketones is 1. The van der Waals surface area contributed by atoms with Crippen molar-refractivity contribution in [1.29, 1.82) is 5.26 Å². The number of aromatic nitrogens is 3. The molecule has 0 unspecified atom stereocenters. The van der Waals surface area contributed by atoms with Crippen LogP contribution in [0.15, 0.2) is 29.2 Å². The van der Waals surface area contributed by atoms with Gasteiger partial charge in [0, 0.05) is 11.3 Å². The second kappa shape index (κ2) is 8.33. The molecule has 0 amide bonds. The second-order valence-electron chi connectivity index (χ2n) is 16.0. The lowest BCUT2D eigenvalue weighted by atomic mass is 9.35. The van der Waals surface area contributed by atoms with Gasteiger partial charge in [0.25, 0.3) is 0 Å². The molecule has 220 valence electrons. The van der Waals surface area contributed by atoms with Gasteiger partial charge in [-0.15, -0.1) is 5.10 Å². The Balaban J connectivity index is 1.51. The second-order valence-corrected chi connectivity index (χ2v) is 16.0. The topological polar surface area (TPSA) is 129 Å². The number of aliphatic hydroxyl groups excluding tert-OH is 1. The van der Waals surface area contributed by atoms with Crippen LogP contribution in [0.4, 0.5) is 0 Å². The van der Waals surface area contributed by atoms with Crippen LogP contribution in [0.1, 0.15) is 110 Å². The zero-order valence-electron chi connectivity index (χ0n) is 25.5. The minimum absolute atomic E-state index is 0.00223. The van der Waals surface area contributed by atoms with Gasteiger partial charge in [-0.3, -0.25) is 4.79 Å². The van der Waals surface area contributed by atoms with E-state index in [-0.39, 0.29) is 51.2 Å². The van der Waals surface area contributed by atoms with E-state index in [1.165, 1.54) is 0 Å². The fourth-order valence-electron chi connectivity index (χ4n) is 10.9. The molecular formula is C33H44N4O4. The highest BCUT2D eigenvalue weighted by Gasteiger charge is 2.70. The van der Waals surface area contributed by atoms with Crippen molar-refractivity contribution in [3.8, 4) is 6.07 Å². The summed E-state index contributed by atoms with van der Waals surface area (Å²) < 4.78 is 1.80. The Bertz CT molecular complexity index is 1460. The molecule has 41 heavy (non-hydrogen) atoms. The standard InChI is InChI=1S/C33H44N4O4/c1-28(2)10-12-33(37-18-21(27(40)41)35-36-37)13-11-32(7)25(20(33)16-28)22(38)14-24-30(5)15-19(17-34)26(39)29(3,4)23(30)8-9-31(24,32)6/h14,18,20,23,25,39H,8-13,15-16H2,1-7H3,(H,40,41)/t20-,23-,25-,30-,31+,32+,33-/m0/s1. The molecule has 1 aromatic heterocycles. The fourth-order valence-corrected chi connectivity index (χ4v) is 10.9. The number of hydrogen-bond donors (Lipinski definition) is 2. The van der Waals surface area contributed by atoms with Gasteiger partial charge in [-0.05, 0) is 90.9 Å². The van der Waals surface area contributed by atoms with Crippen molar-refractivity contribution in [2.24, 2.45) is 44.8 Å². The van der Waals surface area contributed by atoms with Crippen LogP contribution in [0.5, 0.6) is 0 Å². The summed E-state index contributed by atoms with van der Waals surface area (Å²) in [4.78, 5) is 26.4. The lowest BCUT2D eigenvalue weighted by molar-refractivity contribution is -0.170. The summed E-state index contributed by atoms with van der Waals surface area (Å²) in [6.07, 6.45) is 10.1. The number of carboxylic acids is 1. The van der Waals surface area contributed by atoms with Crippen LogP contribution in [0.3, 0.4) is 0 Å². The molecule has 7 atom stereocenters. The largest absolute Gasteiger partial charge is 0.511 e. The molecule has 0 aromatic carbocycles. The van der Waals surface area contributed by atoms with E-state index in [0.29, 0.717) is 12.0 Å². The molecule has 6 rings (SSSR count). The maximum absolute atomic E-state index is 14.6. The van der Waals surface area contributed by atoms with Crippen molar-refractivity contribution in [3.63, 3.8) is 0 Å². The van der Waals surface area contributed by atoms with E-state index in [1.807, 2.05) is 19.9 Å². The number of allylic oxidation sites excluding steroid dienone is 4. The first-order chi connectivity index (χ1) is 19.0. The summed E-state index contributed by atoms with van der Waals surface area (Å²) in [5.41, 5.74) is -0.362. The number of carbonyl (C=O) groups is 2. The maximum Gasteiger partial charge on any atom is 0.358 e. The van der Waals surface area contributed by atoms with Crippen LogP contribution in [0.2, 0.25) is 0 Å². The fraction of sp³-hybridized carbons (Fsp3) is 0.727. The summed E-state index contributed by atoms with van der Waals surface area (Å²) >= 11 is 0. The predicted molar refractivity (Wildman–Crippen MR) is 153 cm³/mol. The van der Waals surface area contributed by atoms with Crippen molar-refractivity contribution < 1.29 is 19.8 Å². The number of rotatable bonds is 2. The minimum atomic E-state index is -1.09. The van der Waals surface area contributed by atoms with Crippen molar-refractivity contribution in [1.82, 2.24) is 15.0 Å². The van der Waals surface area contributed by atoms with Gasteiger partial charge in [-0.2, -0.15) is 5.26 Å². The van der Waals surface area contributed by atoms with Crippen LogP contribution in [0.25, 0.3) is 0 Å². The molecule has 1 heterocycles. The van der Waals surface area contributed by atoms with E-state index in [0.717, 1.165) is 50.5 Å². The summed E-state index contributed by atoms with van der Waals surface area (Å²) in [6, 6.07) is 2.29. The number of nitrogens with zero attached hydrogens (tertiary/aromatic N) is 4. The molecule has 1 aromatic rings. The zero-order chi connectivity index (χ0) is 30.0. The molecule has 8 nitrogen and oxygen atoms in total. The van der Waals surface area contributed by atoms with E-state index in [1.54, 1.807) is 10.9 Å². The summed E-state index contributed by atoms with van der Waals surface area (Å²) in [6.45, 7) is 15.6. The number of hydrogen-bond acceptors (Lipinski definition) is 6. The van der Waals surface area contributed by atoms with E-state index < -0.39 is 22.3 Å². The number of fused-ring (bicyclic) bond motifs is 7. The van der Waals surface area contributed by atoms with Gasteiger partial charge < -0.3 is 10.2 Å². The lowest BCUT2D eigenvalue weighted by Gasteiger charge is -2.69. The molecule has 0 saturated heterocycles. The first kappa shape index (κ1) is 28.2. The lowest BCUT2D eigenvalue weighted by Crippen LogP contribution is -2.66. The molecular weight excluding hydrogens is 516 g/mol. The Labute approximate surface area is 242 Å². The molecule has 8 heteroatoms. The third-order valence-electron chi connectivity index (χ3n) is 13.2. The Morgan fingerprint density at radius 3 is 2.39 bits per heavy atom. The zero-order valence-corrected chi connectivity index (χ0v) is 25.5. The summed E-state index contributed by atoms with van der Waals surface area (Å²) in [7, 11) is 0. The Hall–Kier alpha value is -2.95. The van der Waals surface area contributed by atoms with Gasteiger partial charge in [0.05, 0.1) is 23.4 Å². The molecule has 5 aliphatic carbocycles. The summed E-state index contributed by atoms with van der Waals surface area (Å²) in [5.74, 6) is -0.825. The van der Waals surface area contributed by atoms with Gasteiger partial charge in [0.15, 0.2) is 11.5 Å². The van der Waals surface area contributed by atoms with Crippen LogP contribution in [-0.2, 0) is 10.3 Å². The van der Waals surface area contributed by atoms with E-state index >= 15 is 0 Å². The average Bonchev–Trinajstić information content (AvgIpc) is 3.39. The Kier molecular flexibility index (Phi) is 5.72. The molecule has 0 radical (unpaired) electrons. The van der Waals surface area contributed by atoms with Crippen molar-refractivity contribution >= 4 is 11.8 Å². The third-order valence-corrected chi connectivity index (χ3v) is 13.2. The number of aliphatic hydroxyl groups is 1. The van der Waals surface area contributed by atoms with E-state index in [2.05, 4.69) is 51.0 Å². The SMILES string of the molecule is CC1(C)CC[C@]2(n3cc(C(=O)O)nn3)CC[C@]3(C)[C@H](C(=O)C=C4[C@@]5(C)CC(C#N)=C(O)C(C)(C)[C@@H]5CC[C@]43C)[C@@H]2C1. The van der Waals surface area contributed by atoms with Crippen molar-refractivity contribution in [2.45, 2.75) is 105 Å². The molecule has 0 bridgehead atoms. The van der Waals surface area contributed by atoms with Crippen LogP contribution in [-0.4, -0.2) is 37.0 Å². The quantitative estimate of drug-likeness (QED) is 0.416. The van der Waals surface area contributed by atoms with Crippen molar-refractivity contribution in [3.05, 3.63) is 34.9 Å². The Morgan fingerprint density at radius 2 is 1.76 bits per heavy atom. The molecule has 0 spiro atoms. The first-order valence-electron chi connectivity index (χ1n) is 15.2. The highest BCUT2D eigenvalue weighted by Crippen LogP contribution is 2.75. The molecule has 0 aliphatic heterocycles. The highest BCUT2D eigenvalue weighted by atomic mass is 16.4. The monoisotopic (exact) mass is 560 g/mol. The van der Waals surface area contributed by atoms with Gasteiger partial charge in [0.1, 0.15) is 5.76 Å². The normalized spacial score (nSPS) is 42.6. The molecule has 3 saturated carbocycles. The smallest absolute Gasteiger partial charge is 0.358 e. The predicted octanol–water partition coefficient (Wildman–Crippen LogP) is 6.61. The van der Waals surface area contributed by atoms with Gasteiger partial charge in [0.2, 0.25) is 0 Å². The number of carbonyl (C=O) groups excluding carboxylic acids is 1. The van der Waals surface area contributed by atoms with Gasteiger partial charge in [-0.25, -0.2) is 9.48 Å². The van der Waals surface area contributed by atoms with Crippen molar-refractivity contribution in [2.75, 3.05) is 0 Å².